The van der Waals surface area contributed by atoms with Crippen molar-refractivity contribution >= 4 is 28.9 Å². The molecule has 0 unspecified atom stereocenters. The van der Waals surface area contributed by atoms with Crippen LogP contribution < -0.4 is 0 Å². The molecule has 0 radical (unpaired) electrons. The first kappa shape index (κ1) is 12.9. The maximum Gasteiger partial charge on any atom is 0.173 e. The van der Waals surface area contributed by atoms with Crippen LogP contribution in [0.15, 0.2) is 27.9 Å². The summed E-state index contributed by atoms with van der Waals surface area (Å²) in [5.74, 6) is -0.356. The number of phenols is 2. The van der Waals surface area contributed by atoms with Gasteiger partial charge in [-0.15, -0.1) is 11.3 Å². The molecule has 0 saturated carbocycles. The van der Waals surface area contributed by atoms with Crippen LogP contribution in [0.5, 0.6) is 11.5 Å². The molecule has 18 heavy (non-hydrogen) atoms. The van der Waals surface area contributed by atoms with Gasteiger partial charge in [0.05, 0.1) is 5.75 Å². The Morgan fingerprint density at radius 2 is 2.17 bits per heavy atom. The molecule has 0 fully saturated rings. The van der Waals surface area contributed by atoms with Crippen molar-refractivity contribution < 1.29 is 15.0 Å². The molecule has 2 rings (SSSR count). The van der Waals surface area contributed by atoms with Crippen LogP contribution in [0.3, 0.4) is 0 Å². The quantitative estimate of drug-likeness (QED) is 0.512. The summed E-state index contributed by atoms with van der Waals surface area (Å²) in [6, 6.07) is 4.07. The highest BCUT2D eigenvalue weighted by Crippen LogP contribution is 2.27. The van der Waals surface area contributed by atoms with Gasteiger partial charge in [0.1, 0.15) is 0 Å². The van der Waals surface area contributed by atoms with Crippen LogP contribution in [0.4, 0.5) is 0 Å². The number of aromatic nitrogens is 1. The van der Waals surface area contributed by atoms with Gasteiger partial charge in [-0.2, -0.15) is 0 Å². The topological polar surface area (TPSA) is 70.4 Å². The van der Waals surface area contributed by atoms with E-state index < -0.39 is 0 Å². The number of hydrogen-bond acceptors (Lipinski definition) is 6. The van der Waals surface area contributed by atoms with Crippen LogP contribution in [-0.4, -0.2) is 26.7 Å². The summed E-state index contributed by atoms with van der Waals surface area (Å²) in [6.07, 6.45) is 0. The van der Waals surface area contributed by atoms with Gasteiger partial charge in [-0.05, 0) is 25.1 Å². The fourth-order valence-electron chi connectivity index (χ4n) is 1.31. The van der Waals surface area contributed by atoms with Crippen LogP contribution in [0.25, 0.3) is 0 Å². The maximum absolute atomic E-state index is 11.9. The second-order valence-electron chi connectivity index (χ2n) is 3.67. The average Bonchev–Trinajstić information content (AvgIpc) is 2.75. The van der Waals surface area contributed by atoms with Crippen LogP contribution in [-0.2, 0) is 0 Å². The Hall–Kier alpha value is -1.53. The van der Waals surface area contributed by atoms with Crippen molar-refractivity contribution in [3.05, 3.63) is 34.8 Å². The highest BCUT2D eigenvalue weighted by Gasteiger charge is 2.10. The number of hydrogen-bond donors (Lipinski definition) is 2. The fraction of sp³-hybridized carbons (Fsp3) is 0.167. The first-order valence-electron chi connectivity index (χ1n) is 5.16. The van der Waals surface area contributed by atoms with E-state index in [4.69, 9.17) is 5.11 Å². The molecule has 0 bridgehead atoms. The molecule has 94 valence electrons. The summed E-state index contributed by atoms with van der Waals surface area (Å²) in [5, 5.41) is 20.4. The maximum atomic E-state index is 11.9. The lowest BCUT2D eigenvalue weighted by Crippen LogP contribution is -2.01. The van der Waals surface area contributed by atoms with Gasteiger partial charge in [0, 0.05) is 16.6 Å². The summed E-state index contributed by atoms with van der Waals surface area (Å²) >= 11 is 2.87. The molecule has 0 aliphatic carbocycles. The Balaban J connectivity index is 2.01. The third kappa shape index (κ3) is 3.02. The van der Waals surface area contributed by atoms with E-state index in [1.54, 1.807) is 0 Å². The highest BCUT2D eigenvalue weighted by molar-refractivity contribution is 8.01. The molecule has 2 aromatic rings. The smallest absolute Gasteiger partial charge is 0.173 e. The highest BCUT2D eigenvalue weighted by atomic mass is 32.2. The van der Waals surface area contributed by atoms with Gasteiger partial charge in [0.25, 0.3) is 0 Å². The minimum Gasteiger partial charge on any atom is -0.504 e. The van der Waals surface area contributed by atoms with E-state index in [0.717, 1.165) is 10.0 Å². The Bertz CT molecular complexity index is 580. The predicted molar refractivity (Wildman–Crippen MR) is 71.7 cm³/mol. The summed E-state index contributed by atoms with van der Waals surface area (Å²) in [7, 11) is 0. The lowest BCUT2D eigenvalue weighted by Gasteiger charge is -2.02. The molecule has 1 heterocycles. The Morgan fingerprint density at radius 1 is 1.39 bits per heavy atom. The normalized spacial score (nSPS) is 10.5. The van der Waals surface area contributed by atoms with Crippen LogP contribution in [0.2, 0.25) is 0 Å². The van der Waals surface area contributed by atoms with Gasteiger partial charge in [-0.3, -0.25) is 4.79 Å². The SMILES string of the molecule is Cc1csc(SCC(=O)c2ccc(O)c(O)c2)n1. The molecule has 6 heteroatoms. The number of Topliss-reactive ketones (excluding diaryl/α,β-unsaturated/α-hetero) is 1. The Kier molecular flexibility index (Phi) is 3.88. The van der Waals surface area contributed by atoms with E-state index in [1.807, 2.05) is 12.3 Å². The second kappa shape index (κ2) is 5.41. The average molecular weight is 281 g/mol. The van der Waals surface area contributed by atoms with Gasteiger partial charge in [0.2, 0.25) is 0 Å². The summed E-state index contributed by atoms with van der Waals surface area (Å²) in [6.45, 7) is 1.90. The molecule has 0 aliphatic heterocycles. The number of aryl methyl sites for hydroxylation is 1. The molecular weight excluding hydrogens is 270 g/mol. The number of thiazole rings is 1. The van der Waals surface area contributed by atoms with Crippen molar-refractivity contribution in [3.63, 3.8) is 0 Å². The van der Waals surface area contributed by atoms with Crippen molar-refractivity contribution in [2.75, 3.05) is 5.75 Å². The zero-order valence-electron chi connectivity index (χ0n) is 9.58. The monoisotopic (exact) mass is 281 g/mol. The number of benzene rings is 1. The molecule has 0 amide bonds. The third-order valence-electron chi connectivity index (χ3n) is 2.22. The van der Waals surface area contributed by atoms with E-state index in [9.17, 15) is 9.90 Å². The van der Waals surface area contributed by atoms with E-state index >= 15 is 0 Å². The lowest BCUT2D eigenvalue weighted by molar-refractivity contribution is 0.102. The number of phenolic OH excluding ortho intramolecular Hbond substituents is 2. The minimum atomic E-state index is -0.282. The zero-order chi connectivity index (χ0) is 13.1. The van der Waals surface area contributed by atoms with Crippen LogP contribution in [0.1, 0.15) is 16.1 Å². The number of ketones is 1. The van der Waals surface area contributed by atoms with Gasteiger partial charge in [-0.1, -0.05) is 11.8 Å². The van der Waals surface area contributed by atoms with Crippen molar-refractivity contribution in [1.29, 1.82) is 0 Å². The van der Waals surface area contributed by atoms with Gasteiger partial charge in [-0.25, -0.2) is 4.98 Å². The fourth-order valence-corrected chi connectivity index (χ4v) is 3.05. The van der Waals surface area contributed by atoms with Crippen molar-refractivity contribution in [2.24, 2.45) is 0 Å². The molecule has 4 nitrogen and oxygen atoms in total. The van der Waals surface area contributed by atoms with E-state index in [1.165, 1.54) is 41.3 Å². The largest absolute Gasteiger partial charge is 0.504 e. The van der Waals surface area contributed by atoms with E-state index in [-0.39, 0.29) is 23.0 Å². The zero-order valence-corrected chi connectivity index (χ0v) is 11.2. The Morgan fingerprint density at radius 3 is 2.78 bits per heavy atom. The van der Waals surface area contributed by atoms with Gasteiger partial charge >= 0.3 is 0 Å². The molecule has 0 atom stereocenters. The summed E-state index contributed by atoms with van der Waals surface area (Å²) in [4.78, 5) is 16.1. The second-order valence-corrected chi connectivity index (χ2v) is 5.75. The number of nitrogens with zero attached hydrogens (tertiary/aromatic N) is 1. The molecule has 1 aromatic heterocycles. The number of aromatic hydroxyl groups is 2. The molecule has 0 aliphatic rings. The molecule has 1 aromatic carbocycles. The predicted octanol–water partition coefficient (Wildman–Crippen LogP) is 2.84. The molecular formula is C12H11NO3S2. The number of rotatable bonds is 4. The lowest BCUT2D eigenvalue weighted by atomic mass is 10.1. The van der Waals surface area contributed by atoms with Gasteiger partial charge in [0.15, 0.2) is 21.6 Å². The number of carbonyl (C=O) groups excluding carboxylic acids is 1. The van der Waals surface area contributed by atoms with Crippen molar-refractivity contribution in [3.8, 4) is 11.5 Å². The summed E-state index contributed by atoms with van der Waals surface area (Å²) < 4.78 is 0.851. The standard InChI is InChI=1S/C12H11NO3S2/c1-7-5-17-12(13-7)18-6-11(16)8-2-3-9(14)10(15)4-8/h2-5,14-15H,6H2,1H3. The van der Waals surface area contributed by atoms with Crippen LogP contribution in [0, 0.1) is 6.92 Å². The van der Waals surface area contributed by atoms with E-state index in [0.29, 0.717) is 5.56 Å². The first-order chi connectivity index (χ1) is 8.56. The van der Waals surface area contributed by atoms with Crippen molar-refractivity contribution in [2.45, 2.75) is 11.3 Å². The number of carbonyl (C=O) groups is 1. The van der Waals surface area contributed by atoms with Gasteiger partial charge < -0.3 is 10.2 Å². The molecule has 0 spiro atoms. The molecule has 0 saturated heterocycles. The third-order valence-corrected chi connectivity index (χ3v) is 4.36. The summed E-state index contributed by atoms with van der Waals surface area (Å²) in [5.41, 5.74) is 1.32. The minimum absolute atomic E-state index is 0.108. The molecule has 2 N–H and O–H groups in total. The Labute approximate surface area is 112 Å². The first-order valence-corrected chi connectivity index (χ1v) is 7.03. The van der Waals surface area contributed by atoms with Crippen LogP contribution >= 0.6 is 23.1 Å². The number of thioether (sulfide) groups is 1. The van der Waals surface area contributed by atoms with E-state index in [2.05, 4.69) is 4.98 Å². The van der Waals surface area contributed by atoms with Crippen molar-refractivity contribution in [1.82, 2.24) is 4.98 Å².